The highest BCUT2D eigenvalue weighted by Crippen LogP contribution is 2.42. The number of methoxy groups -OCH3 is 1. The smallest absolute Gasteiger partial charge is 0.334 e. The van der Waals surface area contributed by atoms with Gasteiger partial charge >= 0.3 is 5.97 Å². The number of carboxylic acids is 1. The number of rotatable bonds is 4. The van der Waals surface area contributed by atoms with Crippen molar-refractivity contribution in [3.63, 3.8) is 0 Å². The molecule has 1 aromatic carbocycles. The van der Waals surface area contributed by atoms with Gasteiger partial charge in [0.25, 0.3) is 0 Å². The van der Waals surface area contributed by atoms with Crippen LogP contribution in [0.3, 0.4) is 0 Å². The standard InChI is InChI=1S/C16H20FNO4/c1-21-13-4-3-12(17)7-11(13)8-18-9-14(15(19)20)22-10-16(18)5-2-6-16/h3-4,7,14H,2,5-6,8-10H2,1H3,(H,19,20). The minimum atomic E-state index is -0.953. The van der Waals surface area contributed by atoms with Gasteiger partial charge < -0.3 is 14.6 Å². The summed E-state index contributed by atoms with van der Waals surface area (Å²) in [6.07, 6.45) is 2.25. The largest absolute Gasteiger partial charge is 0.496 e. The Hall–Kier alpha value is -1.66. The van der Waals surface area contributed by atoms with E-state index in [0.29, 0.717) is 25.4 Å². The molecule has 1 aliphatic carbocycles. The van der Waals surface area contributed by atoms with Gasteiger partial charge in [0.2, 0.25) is 0 Å². The van der Waals surface area contributed by atoms with Gasteiger partial charge in [0.1, 0.15) is 11.6 Å². The molecule has 1 saturated heterocycles. The Morgan fingerprint density at radius 2 is 2.32 bits per heavy atom. The van der Waals surface area contributed by atoms with Gasteiger partial charge in [-0.1, -0.05) is 0 Å². The van der Waals surface area contributed by atoms with Gasteiger partial charge in [-0.05, 0) is 37.5 Å². The Morgan fingerprint density at radius 3 is 2.91 bits per heavy atom. The van der Waals surface area contributed by atoms with Crippen LogP contribution in [0.2, 0.25) is 0 Å². The molecule has 0 amide bonds. The van der Waals surface area contributed by atoms with E-state index in [1.807, 2.05) is 0 Å². The third kappa shape index (κ3) is 2.68. The number of halogens is 1. The molecular weight excluding hydrogens is 289 g/mol. The first-order chi connectivity index (χ1) is 10.5. The second-order valence-corrected chi connectivity index (χ2v) is 6.05. The predicted octanol–water partition coefficient (Wildman–Crippen LogP) is 2.04. The number of benzene rings is 1. The van der Waals surface area contributed by atoms with Crippen LogP contribution in [0.25, 0.3) is 0 Å². The van der Waals surface area contributed by atoms with Crippen LogP contribution in [-0.4, -0.2) is 47.9 Å². The maximum absolute atomic E-state index is 13.5. The van der Waals surface area contributed by atoms with Crippen LogP contribution < -0.4 is 4.74 Å². The fourth-order valence-electron chi connectivity index (χ4n) is 3.30. The van der Waals surface area contributed by atoms with Crippen LogP contribution in [0.1, 0.15) is 24.8 Å². The van der Waals surface area contributed by atoms with Crippen LogP contribution >= 0.6 is 0 Å². The molecule has 1 spiro atoms. The van der Waals surface area contributed by atoms with Gasteiger partial charge in [0.15, 0.2) is 6.10 Å². The van der Waals surface area contributed by atoms with Gasteiger partial charge in [0, 0.05) is 24.2 Å². The van der Waals surface area contributed by atoms with Crippen molar-refractivity contribution in [2.24, 2.45) is 0 Å². The van der Waals surface area contributed by atoms with Crippen molar-refractivity contribution in [3.05, 3.63) is 29.6 Å². The molecule has 1 saturated carbocycles. The normalized spacial score (nSPS) is 24.0. The number of hydrogen-bond acceptors (Lipinski definition) is 4. The zero-order valence-electron chi connectivity index (χ0n) is 12.5. The van der Waals surface area contributed by atoms with Gasteiger partial charge in [-0.15, -0.1) is 0 Å². The van der Waals surface area contributed by atoms with Gasteiger partial charge in [-0.3, -0.25) is 4.90 Å². The fraction of sp³-hybridized carbons (Fsp3) is 0.562. The molecule has 1 aromatic rings. The molecule has 1 unspecified atom stereocenters. The van der Waals surface area contributed by atoms with Crippen LogP contribution in [0.4, 0.5) is 4.39 Å². The highest BCUT2D eigenvalue weighted by atomic mass is 19.1. The zero-order valence-corrected chi connectivity index (χ0v) is 12.5. The van der Waals surface area contributed by atoms with Crippen LogP contribution in [-0.2, 0) is 16.1 Å². The molecule has 2 fully saturated rings. The van der Waals surface area contributed by atoms with E-state index in [2.05, 4.69) is 4.90 Å². The maximum Gasteiger partial charge on any atom is 0.334 e. The second-order valence-electron chi connectivity index (χ2n) is 6.05. The minimum absolute atomic E-state index is 0.108. The zero-order chi connectivity index (χ0) is 15.7. The van der Waals surface area contributed by atoms with Gasteiger partial charge in [-0.2, -0.15) is 0 Å². The van der Waals surface area contributed by atoms with E-state index in [1.54, 1.807) is 13.2 Å². The van der Waals surface area contributed by atoms with E-state index in [1.165, 1.54) is 12.1 Å². The molecule has 0 aromatic heterocycles. The molecule has 2 aliphatic rings. The first-order valence-corrected chi connectivity index (χ1v) is 7.46. The van der Waals surface area contributed by atoms with E-state index >= 15 is 0 Å². The van der Waals surface area contributed by atoms with E-state index in [9.17, 15) is 14.3 Å². The molecule has 1 atom stereocenters. The van der Waals surface area contributed by atoms with Crippen molar-refractivity contribution in [1.29, 1.82) is 0 Å². The molecule has 3 rings (SSSR count). The van der Waals surface area contributed by atoms with Gasteiger partial charge in [-0.25, -0.2) is 9.18 Å². The van der Waals surface area contributed by atoms with Crippen molar-refractivity contribution >= 4 is 5.97 Å². The molecule has 5 nitrogen and oxygen atoms in total. The van der Waals surface area contributed by atoms with E-state index in [-0.39, 0.29) is 11.4 Å². The summed E-state index contributed by atoms with van der Waals surface area (Å²) >= 11 is 0. The number of hydrogen-bond donors (Lipinski definition) is 1. The molecular formula is C16H20FNO4. The summed E-state index contributed by atoms with van der Waals surface area (Å²) in [5.41, 5.74) is 0.628. The molecule has 1 heterocycles. The Morgan fingerprint density at radius 1 is 1.55 bits per heavy atom. The quantitative estimate of drug-likeness (QED) is 0.922. The summed E-state index contributed by atoms with van der Waals surface area (Å²) in [5, 5.41) is 9.19. The first-order valence-electron chi connectivity index (χ1n) is 7.46. The van der Waals surface area contributed by atoms with E-state index in [0.717, 1.165) is 24.8 Å². The number of carboxylic acid groups (broad SMARTS) is 1. The van der Waals surface area contributed by atoms with E-state index < -0.39 is 12.1 Å². The van der Waals surface area contributed by atoms with Crippen molar-refractivity contribution in [2.45, 2.75) is 37.5 Å². The average Bonchev–Trinajstić information content (AvgIpc) is 2.45. The summed E-state index contributed by atoms with van der Waals surface area (Å²) in [5.74, 6) is -0.652. The lowest BCUT2D eigenvalue weighted by Gasteiger charge is -2.54. The topological polar surface area (TPSA) is 59.0 Å². The van der Waals surface area contributed by atoms with Gasteiger partial charge in [0.05, 0.1) is 13.7 Å². The second kappa shape index (κ2) is 5.85. The maximum atomic E-state index is 13.5. The molecule has 0 bridgehead atoms. The Bertz CT molecular complexity index is 573. The molecule has 0 radical (unpaired) electrons. The minimum Gasteiger partial charge on any atom is -0.496 e. The summed E-state index contributed by atoms with van der Waals surface area (Å²) in [6.45, 7) is 1.20. The summed E-state index contributed by atoms with van der Waals surface area (Å²) in [4.78, 5) is 13.3. The summed E-state index contributed by atoms with van der Waals surface area (Å²) in [6, 6.07) is 4.42. The van der Waals surface area contributed by atoms with Crippen LogP contribution in [0, 0.1) is 5.82 Å². The summed E-state index contributed by atoms with van der Waals surface area (Å²) in [7, 11) is 1.55. The Kier molecular flexibility index (Phi) is 4.06. The number of aliphatic carboxylic acids is 1. The Labute approximate surface area is 128 Å². The van der Waals surface area contributed by atoms with Crippen molar-refractivity contribution in [1.82, 2.24) is 4.90 Å². The summed E-state index contributed by atoms with van der Waals surface area (Å²) < 4.78 is 24.3. The lowest BCUT2D eigenvalue weighted by molar-refractivity contribution is -0.178. The highest BCUT2D eigenvalue weighted by Gasteiger charge is 2.48. The van der Waals surface area contributed by atoms with Crippen molar-refractivity contribution < 1.29 is 23.8 Å². The average molecular weight is 309 g/mol. The fourth-order valence-corrected chi connectivity index (χ4v) is 3.30. The number of carbonyl (C=O) groups is 1. The third-order valence-corrected chi connectivity index (χ3v) is 4.77. The number of nitrogens with zero attached hydrogens (tertiary/aromatic N) is 1. The SMILES string of the molecule is COc1ccc(F)cc1CN1CC(C(=O)O)OCC12CCC2. The molecule has 120 valence electrons. The number of ether oxygens (including phenoxy) is 2. The predicted molar refractivity (Wildman–Crippen MR) is 77.3 cm³/mol. The van der Waals surface area contributed by atoms with Crippen LogP contribution in [0.15, 0.2) is 18.2 Å². The monoisotopic (exact) mass is 309 g/mol. The van der Waals surface area contributed by atoms with Crippen LogP contribution in [0.5, 0.6) is 5.75 Å². The highest BCUT2D eigenvalue weighted by molar-refractivity contribution is 5.72. The molecule has 6 heteroatoms. The number of morpholine rings is 1. The molecule has 1 N–H and O–H groups in total. The lowest BCUT2D eigenvalue weighted by atomic mass is 9.74. The Balaban J connectivity index is 1.84. The van der Waals surface area contributed by atoms with Crippen molar-refractivity contribution in [3.8, 4) is 5.75 Å². The lowest BCUT2D eigenvalue weighted by Crippen LogP contribution is -2.63. The first kappa shape index (κ1) is 15.2. The van der Waals surface area contributed by atoms with E-state index in [4.69, 9.17) is 9.47 Å². The van der Waals surface area contributed by atoms with Crippen molar-refractivity contribution in [2.75, 3.05) is 20.3 Å². The molecule has 1 aliphatic heterocycles. The molecule has 22 heavy (non-hydrogen) atoms. The third-order valence-electron chi connectivity index (χ3n) is 4.77.